The van der Waals surface area contributed by atoms with Gasteiger partial charge in [-0.2, -0.15) is 0 Å². The van der Waals surface area contributed by atoms with E-state index < -0.39 is 6.10 Å². The fourth-order valence-corrected chi connectivity index (χ4v) is 1.82. The van der Waals surface area contributed by atoms with E-state index in [1.54, 1.807) is 6.92 Å². The van der Waals surface area contributed by atoms with E-state index in [0.29, 0.717) is 11.8 Å². The lowest BCUT2D eigenvalue weighted by Crippen LogP contribution is -2.43. The van der Waals surface area contributed by atoms with Crippen molar-refractivity contribution >= 4 is 5.91 Å². The van der Waals surface area contributed by atoms with Crippen molar-refractivity contribution in [1.29, 1.82) is 0 Å². The molecule has 2 unspecified atom stereocenters. The molecule has 1 aromatic carbocycles. The maximum absolute atomic E-state index is 12.1. The Morgan fingerprint density at radius 1 is 1.05 bits per heavy atom. The molecule has 1 amide bonds. The zero-order valence-electron chi connectivity index (χ0n) is 13.4. The summed E-state index contributed by atoms with van der Waals surface area (Å²) in [5.41, 5.74) is 1.13. The van der Waals surface area contributed by atoms with E-state index in [1.807, 2.05) is 31.2 Å². The second-order valence-corrected chi connectivity index (χ2v) is 5.99. The summed E-state index contributed by atoms with van der Waals surface area (Å²) in [6.45, 7) is 12.2. The van der Waals surface area contributed by atoms with Crippen LogP contribution in [0.25, 0.3) is 0 Å². The molecule has 112 valence electrons. The predicted molar refractivity (Wildman–Crippen MR) is 83.1 cm³/mol. The molecule has 0 bridgehead atoms. The second-order valence-electron chi connectivity index (χ2n) is 5.99. The van der Waals surface area contributed by atoms with Crippen LogP contribution in [0.4, 0.5) is 0 Å². The fraction of sp³-hybridized carbons (Fsp3) is 0.588. The molecule has 0 aliphatic carbocycles. The minimum absolute atomic E-state index is 0.0650. The minimum Gasteiger partial charge on any atom is -0.481 e. The molecule has 3 nitrogen and oxygen atoms in total. The Balaban J connectivity index is 2.71. The highest BCUT2D eigenvalue weighted by atomic mass is 16.5. The van der Waals surface area contributed by atoms with Gasteiger partial charge in [-0.05, 0) is 37.3 Å². The highest BCUT2D eigenvalue weighted by Crippen LogP contribution is 2.26. The number of rotatable bonds is 6. The number of benzene rings is 1. The lowest BCUT2D eigenvalue weighted by molar-refractivity contribution is -0.128. The Bertz CT molecular complexity index is 440. The molecule has 0 aliphatic rings. The van der Waals surface area contributed by atoms with E-state index in [-0.39, 0.29) is 11.9 Å². The van der Waals surface area contributed by atoms with Gasteiger partial charge in [0, 0.05) is 6.04 Å². The molecule has 1 N–H and O–H groups in total. The maximum atomic E-state index is 12.1. The zero-order valence-corrected chi connectivity index (χ0v) is 13.4. The predicted octanol–water partition coefficient (Wildman–Crippen LogP) is 3.74. The summed E-state index contributed by atoms with van der Waals surface area (Å²) >= 11 is 0. The molecule has 0 saturated carbocycles. The maximum Gasteiger partial charge on any atom is 0.260 e. The quantitative estimate of drug-likeness (QED) is 0.860. The normalized spacial score (nSPS) is 14.2. The average Bonchev–Trinajstić information content (AvgIpc) is 2.38. The Morgan fingerprint density at radius 3 is 2.20 bits per heavy atom. The van der Waals surface area contributed by atoms with Crippen molar-refractivity contribution in [1.82, 2.24) is 5.32 Å². The number of hydrogen-bond acceptors (Lipinski definition) is 2. The van der Waals surface area contributed by atoms with Gasteiger partial charge in [0.05, 0.1) is 0 Å². The first-order valence-electron chi connectivity index (χ1n) is 7.38. The van der Waals surface area contributed by atoms with Gasteiger partial charge in [-0.1, -0.05) is 45.9 Å². The van der Waals surface area contributed by atoms with Crippen LogP contribution in [0.5, 0.6) is 5.75 Å². The van der Waals surface area contributed by atoms with Crippen molar-refractivity contribution in [2.45, 2.75) is 59.6 Å². The molecule has 0 fully saturated rings. The molecular formula is C17H27NO2. The van der Waals surface area contributed by atoms with Crippen LogP contribution in [-0.4, -0.2) is 18.1 Å². The zero-order chi connectivity index (χ0) is 15.3. The third kappa shape index (κ3) is 4.55. The lowest BCUT2D eigenvalue weighted by atomic mass is 10.0. The number of amides is 1. The molecule has 1 aromatic rings. The first kappa shape index (κ1) is 16.5. The number of carbonyl (C=O) groups is 1. The van der Waals surface area contributed by atoms with Crippen LogP contribution < -0.4 is 10.1 Å². The molecule has 0 saturated heterocycles. The van der Waals surface area contributed by atoms with Crippen LogP contribution in [0.2, 0.25) is 0 Å². The van der Waals surface area contributed by atoms with Crippen molar-refractivity contribution in [3.8, 4) is 5.75 Å². The summed E-state index contributed by atoms with van der Waals surface area (Å²) in [5, 5.41) is 2.98. The number of para-hydroxylation sites is 1. The third-order valence-corrected chi connectivity index (χ3v) is 3.58. The molecule has 2 atom stereocenters. The summed E-state index contributed by atoms with van der Waals surface area (Å²) in [6.07, 6.45) is -0.490. The van der Waals surface area contributed by atoms with Crippen molar-refractivity contribution < 1.29 is 9.53 Å². The van der Waals surface area contributed by atoms with Gasteiger partial charge < -0.3 is 10.1 Å². The molecule has 3 heteroatoms. The van der Waals surface area contributed by atoms with Crippen LogP contribution in [0, 0.1) is 5.92 Å². The van der Waals surface area contributed by atoms with E-state index >= 15 is 0 Å². The molecule has 20 heavy (non-hydrogen) atoms. The highest BCUT2D eigenvalue weighted by Gasteiger charge is 2.19. The fourth-order valence-electron chi connectivity index (χ4n) is 1.82. The Kier molecular flexibility index (Phi) is 6.05. The van der Waals surface area contributed by atoms with Gasteiger partial charge in [-0.15, -0.1) is 0 Å². The monoisotopic (exact) mass is 277 g/mol. The van der Waals surface area contributed by atoms with Crippen molar-refractivity contribution in [2.24, 2.45) is 5.92 Å². The Labute approximate surface area is 122 Å². The molecule has 0 heterocycles. The number of nitrogens with one attached hydrogen (secondary N) is 1. The molecule has 0 radical (unpaired) electrons. The number of carbonyl (C=O) groups excluding carboxylic acids is 1. The number of ether oxygens (including phenoxy) is 1. The van der Waals surface area contributed by atoms with Crippen LogP contribution in [-0.2, 0) is 4.79 Å². The summed E-state index contributed by atoms with van der Waals surface area (Å²) in [5.74, 6) is 1.51. The Hall–Kier alpha value is -1.51. The molecular weight excluding hydrogens is 250 g/mol. The van der Waals surface area contributed by atoms with Gasteiger partial charge in [0.1, 0.15) is 5.75 Å². The third-order valence-electron chi connectivity index (χ3n) is 3.58. The van der Waals surface area contributed by atoms with Crippen molar-refractivity contribution in [3.05, 3.63) is 29.8 Å². The first-order chi connectivity index (χ1) is 9.32. The van der Waals surface area contributed by atoms with Crippen LogP contribution >= 0.6 is 0 Å². The summed E-state index contributed by atoms with van der Waals surface area (Å²) in [4.78, 5) is 12.1. The minimum atomic E-state index is -0.490. The van der Waals surface area contributed by atoms with Crippen LogP contribution in [0.1, 0.15) is 53.0 Å². The van der Waals surface area contributed by atoms with Crippen molar-refractivity contribution in [3.63, 3.8) is 0 Å². The first-order valence-corrected chi connectivity index (χ1v) is 7.38. The smallest absolute Gasteiger partial charge is 0.260 e. The number of hydrogen-bond donors (Lipinski definition) is 1. The van der Waals surface area contributed by atoms with E-state index in [4.69, 9.17) is 4.74 Å². The topological polar surface area (TPSA) is 38.3 Å². The van der Waals surface area contributed by atoms with Gasteiger partial charge in [-0.3, -0.25) is 4.79 Å². The summed E-state index contributed by atoms with van der Waals surface area (Å²) < 4.78 is 5.84. The molecule has 1 rings (SSSR count). The highest BCUT2D eigenvalue weighted by molar-refractivity contribution is 5.81. The lowest BCUT2D eigenvalue weighted by Gasteiger charge is -2.22. The van der Waals surface area contributed by atoms with E-state index in [0.717, 1.165) is 11.3 Å². The van der Waals surface area contributed by atoms with Gasteiger partial charge in [-0.25, -0.2) is 0 Å². The van der Waals surface area contributed by atoms with E-state index in [2.05, 4.69) is 33.0 Å². The average molecular weight is 277 g/mol. The molecule has 0 aromatic heterocycles. The Morgan fingerprint density at radius 2 is 1.65 bits per heavy atom. The van der Waals surface area contributed by atoms with Crippen molar-refractivity contribution in [2.75, 3.05) is 0 Å². The van der Waals surface area contributed by atoms with Crippen LogP contribution in [0.15, 0.2) is 24.3 Å². The summed E-state index contributed by atoms with van der Waals surface area (Å²) in [6, 6.07) is 8.04. The van der Waals surface area contributed by atoms with Crippen LogP contribution in [0.3, 0.4) is 0 Å². The molecule has 0 aliphatic heterocycles. The van der Waals surface area contributed by atoms with E-state index in [9.17, 15) is 4.79 Å². The van der Waals surface area contributed by atoms with Gasteiger partial charge in [0.25, 0.3) is 5.91 Å². The molecule has 0 spiro atoms. The SMILES string of the molecule is CC(Oc1ccccc1C(C)C)C(=O)NC(C)C(C)C. The van der Waals surface area contributed by atoms with Gasteiger partial charge in [0.15, 0.2) is 6.10 Å². The largest absolute Gasteiger partial charge is 0.481 e. The summed E-state index contributed by atoms with van der Waals surface area (Å²) in [7, 11) is 0. The second kappa shape index (κ2) is 7.32. The van der Waals surface area contributed by atoms with Gasteiger partial charge >= 0.3 is 0 Å². The standard InChI is InChI=1S/C17H27NO2/c1-11(2)13(5)18-17(19)14(6)20-16-10-8-7-9-15(16)12(3)4/h7-14H,1-6H3,(H,18,19). The van der Waals surface area contributed by atoms with E-state index in [1.165, 1.54) is 0 Å². The van der Waals surface area contributed by atoms with Gasteiger partial charge in [0.2, 0.25) is 0 Å².